The monoisotopic (exact) mass is 310 g/mol. The van der Waals surface area contributed by atoms with E-state index in [4.69, 9.17) is 12.2 Å². The summed E-state index contributed by atoms with van der Waals surface area (Å²) in [5.74, 6) is 0. The Labute approximate surface area is 138 Å². The van der Waals surface area contributed by atoms with Crippen LogP contribution in [0, 0.1) is 0 Å². The minimum absolute atomic E-state index is 0.227. The highest BCUT2D eigenvalue weighted by molar-refractivity contribution is 7.80. The van der Waals surface area contributed by atoms with Gasteiger partial charge in [0.05, 0.1) is 6.04 Å². The van der Waals surface area contributed by atoms with Crippen molar-refractivity contribution >= 4 is 17.3 Å². The average Bonchev–Trinajstić information content (AvgIpc) is 2.96. The van der Waals surface area contributed by atoms with Crippen molar-refractivity contribution < 1.29 is 0 Å². The van der Waals surface area contributed by atoms with Crippen LogP contribution in [0.1, 0.15) is 36.6 Å². The van der Waals surface area contributed by atoms with E-state index in [-0.39, 0.29) is 6.04 Å². The number of benzene rings is 2. The van der Waals surface area contributed by atoms with Crippen LogP contribution in [-0.2, 0) is 6.54 Å². The summed E-state index contributed by atoms with van der Waals surface area (Å²) in [5.41, 5.74) is 4.07. The fraction of sp³-hybridized carbons (Fsp3) is 0.316. The highest BCUT2D eigenvalue weighted by Gasteiger charge is 2.33. The Morgan fingerprint density at radius 3 is 2.36 bits per heavy atom. The molecule has 1 aliphatic heterocycles. The van der Waals surface area contributed by atoms with Crippen LogP contribution in [-0.4, -0.2) is 28.0 Å². The van der Waals surface area contributed by atoms with Crippen molar-refractivity contribution in [1.29, 1.82) is 0 Å². The molecule has 0 saturated heterocycles. The van der Waals surface area contributed by atoms with Crippen molar-refractivity contribution in [3.05, 3.63) is 71.3 Å². The van der Waals surface area contributed by atoms with Crippen molar-refractivity contribution in [2.75, 3.05) is 13.1 Å². The van der Waals surface area contributed by atoms with Gasteiger partial charge in [0, 0.05) is 19.6 Å². The van der Waals surface area contributed by atoms with Crippen molar-refractivity contribution in [3.8, 4) is 0 Å². The highest BCUT2D eigenvalue weighted by atomic mass is 32.1. The third-order valence-electron chi connectivity index (χ3n) is 4.40. The molecule has 0 aliphatic carbocycles. The molecule has 2 nitrogen and oxygen atoms in total. The van der Waals surface area contributed by atoms with Gasteiger partial charge in [0.2, 0.25) is 0 Å². The van der Waals surface area contributed by atoms with Crippen molar-refractivity contribution in [1.82, 2.24) is 9.80 Å². The molecule has 1 atom stereocenters. The molecule has 0 amide bonds. The molecule has 114 valence electrons. The van der Waals surface area contributed by atoms with E-state index in [1.165, 1.54) is 16.7 Å². The lowest BCUT2D eigenvalue weighted by atomic mass is 9.98. The first-order valence-electron chi connectivity index (χ1n) is 7.94. The van der Waals surface area contributed by atoms with Gasteiger partial charge >= 0.3 is 0 Å². The molecule has 3 rings (SSSR count). The van der Waals surface area contributed by atoms with E-state index < -0.39 is 0 Å². The van der Waals surface area contributed by atoms with Crippen LogP contribution in [0.15, 0.2) is 54.6 Å². The predicted octanol–water partition coefficient (Wildman–Crippen LogP) is 4.22. The van der Waals surface area contributed by atoms with Crippen LogP contribution in [0.2, 0.25) is 0 Å². The van der Waals surface area contributed by atoms with E-state index in [0.717, 1.165) is 24.7 Å². The Hall–Kier alpha value is -1.87. The molecule has 0 radical (unpaired) electrons. The van der Waals surface area contributed by atoms with Crippen LogP contribution in [0.25, 0.3) is 0 Å². The van der Waals surface area contributed by atoms with Gasteiger partial charge < -0.3 is 9.80 Å². The summed E-state index contributed by atoms with van der Waals surface area (Å²) < 4.78 is 0. The number of hydrogen-bond acceptors (Lipinski definition) is 1. The van der Waals surface area contributed by atoms with E-state index >= 15 is 0 Å². The second-order valence-corrected chi connectivity index (χ2v) is 5.96. The normalized spacial score (nSPS) is 16.5. The fourth-order valence-electron chi connectivity index (χ4n) is 3.24. The van der Waals surface area contributed by atoms with Crippen molar-refractivity contribution in [2.24, 2.45) is 0 Å². The molecule has 1 unspecified atom stereocenters. The number of fused-ring (bicyclic) bond motifs is 1. The molecular formula is C19H22N2S. The third kappa shape index (κ3) is 2.61. The maximum atomic E-state index is 5.81. The van der Waals surface area contributed by atoms with Gasteiger partial charge in [-0.3, -0.25) is 0 Å². The van der Waals surface area contributed by atoms with Gasteiger partial charge in [0.15, 0.2) is 5.11 Å². The Morgan fingerprint density at radius 1 is 1.05 bits per heavy atom. The quantitative estimate of drug-likeness (QED) is 0.784. The summed E-state index contributed by atoms with van der Waals surface area (Å²) in [5, 5.41) is 0.954. The van der Waals surface area contributed by atoms with Crippen LogP contribution in [0.3, 0.4) is 0 Å². The molecule has 22 heavy (non-hydrogen) atoms. The smallest absolute Gasteiger partial charge is 0.172 e. The van der Waals surface area contributed by atoms with Gasteiger partial charge in [-0.05, 0) is 42.8 Å². The zero-order chi connectivity index (χ0) is 15.5. The van der Waals surface area contributed by atoms with E-state index in [1.807, 2.05) is 0 Å². The van der Waals surface area contributed by atoms with Gasteiger partial charge in [0.25, 0.3) is 0 Å². The minimum Gasteiger partial charge on any atom is -0.350 e. The second-order valence-electron chi connectivity index (χ2n) is 5.59. The summed E-state index contributed by atoms with van der Waals surface area (Å²) in [6.07, 6.45) is 0. The molecule has 0 N–H and O–H groups in total. The molecular weight excluding hydrogens is 288 g/mol. The lowest BCUT2D eigenvalue weighted by Gasteiger charge is -2.34. The number of rotatable bonds is 3. The van der Waals surface area contributed by atoms with E-state index in [1.54, 1.807) is 0 Å². The van der Waals surface area contributed by atoms with Gasteiger partial charge in [-0.15, -0.1) is 0 Å². The van der Waals surface area contributed by atoms with E-state index in [9.17, 15) is 0 Å². The summed E-state index contributed by atoms with van der Waals surface area (Å²) in [6, 6.07) is 19.6. The first kappa shape index (κ1) is 15.0. The van der Waals surface area contributed by atoms with Crippen LogP contribution >= 0.6 is 12.2 Å². The topological polar surface area (TPSA) is 6.48 Å². The molecule has 3 heteroatoms. The fourth-order valence-corrected chi connectivity index (χ4v) is 3.66. The van der Waals surface area contributed by atoms with E-state index in [0.29, 0.717) is 0 Å². The van der Waals surface area contributed by atoms with E-state index in [2.05, 4.69) is 78.2 Å². The summed E-state index contributed by atoms with van der Waals surface area (Å²) in [7, 11) is 0. The van der Waals surface area contributed by atoms with Crippen molar-refractivity contribution in [3.63, 3.8) is 0 Å². The Kier molecular flexibility index (Phi) is 4.44. The lowest BCUT2D eigenvalue weighted by Crippen LogP contribution is -2.42. The molecule has 2 aromatic carbocycles. The molecule has 0 saturated carbocycles. The molecule has 0 fully saturated rings. The molecule has 1 heterocycles. The molecule has 1 aliphatic rings. The van der Waals surface area contributed by atoms with Crippen LogP contribution in [0.4, 0.5) is 0 Å². The van der Waals surface area contributed by atoms with Crippen LogP contribution < -0.4 is 0 Å². The SMILES string of the molecule is CCN(CC)C(=S)N1Cc2ccccc2C1c1ccccc1. The van der Waals surface area contributed by atoms with Gasteiger partial charge in [-0.1, -0.05) is 54.6 Å². The zero-order valence-electron chi connectivity index (χ0n) is 13.2. The number of hydrogen-bond donors (Lipinski definition) is 0. The first-order valence-corrected chi connectivity index (χ1v) is 8.35. The predicted molar refractivity (Wildman–Crippen MR) is 95.8 cm³/mol. The maximum absolute atomic E-state index is 5.81. The summed E-state index contributed by atoms with van der Waals surface area (Å²) >= 11 is 5.81. The Balaban J connectivity index is 2.02. The summed E-state index contributed by atoms with van der Waals surface area (Å²) in [6.45, 7) is 7.12. The van der Waals surface area contributed by atoms with Gasteiger partial charge in [0.1, 0.15) is 0 Å². The maximum Gasteiger partial charge on any atom is 0.172 e. The minimum atomic E-state index is 0.227. The van der Waals surface area contributed by atoms with Gasteiger partial charge in [-0.25, -0.2) is 0 Å². The molecule has 0 bridgehead atoms. The summed E-state index contributed by atoms with van der Waals surface area (Å²) in [4.78, 5) is 4.62. The molecule has 2 aromatic rings. The van der Waals surface area contributed by atoms with Crippen molar-refractivity contribution in [2.45, 2.75) is 26.4 Å². The third-order valence-corrected chi connectivity index (χ3v) is 4.89. The number of thiocarbonyl (C=S) groups is 1. The first-order chi connectivity index (χ1) is 10.8. The second kappa shape index (κ2) is 6.49. The Morgan fingerprint density at radius 2 is 1.68 bits per heavy atom. The van der Waals surface area contributed by atoms with Crippen LogP contribution in [0.5, 0.6) is 0 Å². The largest absolute Gasteiger partial charge is 0.350 e. The standard InChI is InChI=1S/C19H22N2S/c1-3-20(4-2)19(22)21-14-16-12-8-9-13-17(16)18(21)15-10-6-5-7-11-15/h5-13,18H,3-4,14H2,1-2H3. The Bertz CT molecular complexity index is 649. The zero-order valence-corrected chi connectivity index (χ0v) is 14.0. The number of nitrogens with zero attached hydrogens (tertiary/aromatic N) is 2. The molecule has 0 spiro atoms. The van der Waals surface area contributed by atoms with Gasteiger partial charge in [-0.2, -0.15) is 0 Å². The average molecular weight is 310 g/mol. The molecule has 0 aromatic heterocycles. The lowest BCUT2D eigenvalue weighted by molar-refractivity contribution is 0.321. The highest BCUT2D eigenvalue weighted by Crippen LogP contribution is 2.38.